The first kappa shape index (κ1) is 41.5. The van der Waals surface area contributed by atoms with Gasteiger partial charge in [-0.2, -0.15) is 0 Å². The number of hydrogen-bond donors (Lipinski definition) is 1. The van der Waals surface area contributed by atoms with E-state index in [0.29, 0.717) is 37.6 Å². The fraction of sp³-hybridized carbons (Fsp3) is 0.889. The molecule has 0 bridgehead atoms. The number of likely N-dealkylation sites (tertiary alicyclic amines) is 1. The van der Waals surface area contributed by atoms with Gasteiger partial charge in [-0.3, -0.25) is 28.9 Å². The Hall–Kier alpha value is -2.13. The van der Waals surface area contributed by atoms with Crippen molar-refractivity contribution in [1.82, 2.24) is 14.7 Å². The Kier molecular flexibility index (Phi) is 11.8. The largest absolute Gasteiger partial charge is 0.363 e. The molecule has 2 aliphatic heterocycles. The number of carbonyl (C=O) groups excluding carboxylic acids is 5. The van der Waals surface area contributed by atoms with Gasteiger partial charge in [0.05, 0.1) is 6.04 Å². The molecule has 2 spiro atoms. The molecule has 54 heavy (non-hydrogen) atoms. The van der Waals surface area contributed by atoms with Gasteiger partial charge in [-0.15, -0.1) is 0 Å². The summed E-state index contributed by atoms with van der Waals surface area (Å²) in [4.78, 5) is 76.2. The van der Waals surface area contributed by atoms with Crippen LogP contribution in [0.2, 0.25) is 0 Å². The number of ketones is 3. The molecule has 6 fully saturated rings. The first-order chi connectivity index (χ1) is 25.2. The Morgan fingerprint density at radius 2 is 1.46 bits per heavy atom. The molecule has 0 radical (unpaired) electrons. The zero-order valence-corrected chi connectivity index (χ0v) is 35.3. The normalized spacial score (nSPS) is 30.0. The number of Topliss-reactive ketones (excluding diaryl/α,β-unsaturated/α-hetero) is 3. The van der Waals surface area contributed by atoms with Crippen molar-refractivity contribution in [2.45, 2.75) is 163 Å². The van der Waals surface area contributed by atoms with Crippen molar-refractivity contribution >= 4 is 29.2 Å². The van der Waals surface area contributed by atoms with Crippen LogP contribution < -0.4 is 5.73 Å². The van der Waals surface area contributed by atoms with Crippen LogP contribution in [0.4, 0.5) is 0 Å². The molecular weight excluding hydrogens is 677 g/mol. The lowest BCUT2D eigenvalue weighted by Crippen LogP contribution is -2.59. The van der Waals surface area contributed by atoms with E-state index in [1.54, 1.807) is 0 Å². The van der Waals surface area contributed by atoms with Crippen LogP contribution in [-0.4, -0.2) is 95.2 Å². The number of fused-ring (bicyclic) bond motifs is 1. The average Bonchev–Trinajstić information content (AvgIpc) is 3.26. The van der Waals surface area contributed by atoms with Crippen LogP contribution in [0.25, 0.3) is 0 Å². The summed E-state index contributed by atoms with van der Waals surface area (Å²) >= 11 is 0. The lowest BCUT2D eigenvalue weighted by atomic mass is 9.73. The number of nitrogens with zero attached hydrogens (tertiary/aromatic N) is 3. The van der Waals surface area contributed by atoms with Gasteiger partial charge in [0.1, 0.15) is 5.78 Å². The highest BCUT2D eigenvalue weighted by atomic mass is 16.2. The van der Waals surface area contributed by atoms with Crippen molar-refractivity contribution in [3.05, 3.63) is 0 Å². The summed E-state index contributed by atoms with van der Waals surface area (Å²) in [6.45, 7) is 19.9. The molecule has 0 aromatic heterocycles. The molecule has 4 aliphatic carbocycles. The highest BCUT2D eigenvalue weighted by Crippen LogP contribution is 2.88. The number of nitrogens with two attached hydrogens (primary N) is 1. The van der Waals surface area contributed by atoms with E-state index in [4.69, 9.17) is 5.73 Å². The SMILES string of the molecule is CN1CCN(C[C@@H](CC(=O)C[C@H](C(=O)N2C[C@]3(C[C@H]2C(=O)CC(CC2CCC2)C(=O)C(N)=O)C(C)(C)C32CCC2)C(C)(C)C)C2CCCCC2)C(C)(C)C1. The van der Waals surface area contributed by atoms with Crippen LogP contribution in [0.5, 0.6) is 0 Å². The van der Waals surface area contributed by atoms with E-state index >= 15 is 4.79 Å². The third-order valence-electron chi connectivity index (χ3n) is 16.7. The molecule has 9 heteroatoms. The summed E-state index contributed by atoms with van der Waals surface area (Å²) < 4.78 is 0. The van der Waals surface area contributed by atoms with Crippen LogP contribution >= 0.6 is 0 Å². The molecule has 9 nitrogen and oxygen atoms in total. The molecule has 1 unspecified atom stereocenters. The predicted molar refractivity (Wildman–Crippen MR) is 212 cm³/mol. The molecule has 2 N–H and O–H groups in total. The van der Waals surface area contributed by atoms with Crippen molar-refractivity contribution in [2.24, 2.45) is 57.0 Å². The smallest absolute Gasteiger partial charge is 0.285 e. The van der Waals surface area contributed by atoms with E-state index in [2.05, 4.69) is 65.3 Å². The van der Waals surface area contributed by atoms with Gasteiger partial charge in [-0.25, -0.2) is 0 Å². The lowest BCUT2D eigenvalue weighted by Gasteiger charge is -2.48. The summed E-state index contributed by atoms with van der Waals surface area (Å²) in [7, 11) is 2.19. The third-order valence-corrected chi connectivity index (χ3v) is 16.7. The van der Waals surface area contributed by atoms with Crippen molar-refractivity contribution in [1.29, 1.82) is 0 Å². The second-order valence-electron chi connectivity index (χ2n) is 21.5. The maximum absolute atomic E-state index is 15.1. The molecular formula is C45H74N4O5. The number of amides is 2. The van der Waals surface area contributed by atoms with Gasteiger partial charge in [0.15, 0.2) is 5.78 Å². The molecule has 4 saturated carbocycles. The van der Waals surface area contributed by atoms with Gasteiger partial charge < -0.3 is 15.5 Å². The standard InChI is InChI=1S/C45H74N4O5/c1-41(2,3)35(25-34(50)23-33(31-16-10-9-11-17-31)27-48-21-20-47(8)28-42(48,4)5)40(54)49-29-45(43(6,7)44(45)18-13-19-44)26-36(49)37(51)24-32(38(52)39(46)53)22-30-14-12-15-30/h30-33,35-36H,9-29H2,1-8H3,(H2,46,53)/t32?,33-,35-,36+,45-/m1/s1. The number of piperazine rings is 1. The summed E-state index contributed by atoms with van der Waals surface area (Å²) in [5.41, 5.74) is 5.03. The Morgan fingerprint density at radius 3 is 1.98 bits per heavy atom. The van der Waals surface area contributed by atoms with Gasteiger partial charge >= 0.3 is 0 Å². The molecule has 6 rings (SSSR count). The van der Waals surface area contributed by atoms with Crippen molar-refractivity contribution in [3.63, 3.8) is 0 Å². The van der Waals surface area contributed by atoms with Gasteiger partial charge in [0.25, 0.3) is 5.91 Å². The first-order valence-corrected chi connectivity index (χ1v) is 21.9. The zero-order valence-electron chi connectivity index (χ0n) is 35.3. The van der Waals surface area contributed by atoms with E-state index in [1.165, 1.54) is 38.5 Å². The number of primary amides is 1. The van der Waals surface area contributed by atoms with Gasteiger partial charge in [0, 0.05) is 74.8 Å². The number of likely N-dealkylation sites (N-methyl/N-ethyl adjacent to an activating group) is 1. The van der Waals surface area contributed by atoms with Crippen LogP contribution in [0, 0.1) is 51.2 Å². The van der Waals surface area contributed by atoms with E-state index < -0.39 is 35.0 Å². The number of hydrogen-bond acceptors (Lipinski definition) is 7. The highest BCUT2D eigenvalue weighted by Gasteiger charge is 2.85. The second-order valence-corrected chi connectivity index (χ2v) is 21.5. The fourth-order valence-electron chi connectivity index (χ4n) is 12.7. The van der Waals surface area contributed by atoms with Crippen molar-refractivity contribution in [2.75, 3.05) is 39.8 Å². The van der Waals surface area contributed by atoms with Crippen LogP contribution in [0.15, 0.2) is 0 Å². The van der Waals surface area contributed by atoms with Crippen LogP contribution in [0.3, 0.4) is 0 Å². The summed E-state index contributed by atoms with van der Waals surface area (Å²) in [5.74, 6) is -1.86. The van der Waals surface area contributed by atoms with E-state index in [0.717, 1.165) is 58.3 Å². The number of carbonyl (C=O) groups is 5. The van der Waals surface area contributed by atoms with Crippen LogP contribution in [-0.2, 0) is 24.0 Å². The Labute approximate surface area is 326 Å². The molecule has 2 saturated heterocycles. The molecule has 0 aromatic carbocycles. The maximum atomic E-state index is 15.1. The number of rotatable bonds is 15. The minimum Gasteiger partial charge on any atom is -0.363 e. The Bertz CT molecular complexity index is 1450. The highest BCUT2D eigenvalue weighted by molar-refractivity contribution is 6.36. The third kappa shape index (κ3) is 7.64. The predicted octanol–water partition coefficient (Wildman–Crippen LogP) is 6.84. The molecule has 304 valence electrons. The average molecular weight is 751 g/mol. The summed E-state index contributed by atoms with van der Waals surface area (Å²) in [6.07, 6.45) is 14.3. The lowest BCUT2D eigenvalue weighted by molar-refractivity contribution is -0.147. The van der Waals surface area contributed by atoms with Crippen molar-refractivity contribution in [3.8, 4) is 0 Å². The topological polar surface area (TPSA) is 121 Å². The second kappa shape index (κ2) is 15.3. The van der Waals surface area contributed by atoms with Gasteiger partial charge in [-0.1, -0.05) is 92.4 Å². The van der Waals surface area contributed by atoms with Crippen molar-refractivity contribution < 1.29 is 24.0 Å². The van der Waals surface area contributed by atoms with Crippen LogP contribution in [0.1, 0.15) is 151 Å². The van der Waals surface area contributed by atoms with Gasteiger partial charge in [-0.05, 0) is 80.6 Å². The van der Waals surface area contributed by atoms with E-state index in [9.17, 15) is 19.2 Å². The fourth-order valence-corrected chi connectivity index (χ4v) is 12.7. The molecule has 6 aliphatic rings. The summed E-state index contributed by atoms with van der Waals surface area (Å²) in [6, 6.07) is -0.657. The molecule has 0 aromatic rings. The minimum absolute atomic E-state index is 0.00249. The zero-order chi connectivity index (χ0) is 39.4. The van der Waals surface area contributed by atoms with E-state index in [1.807, 2.05) is 4.90 Å². The maximum Gasteiger partial charge on any atom is 0.285 e. The Balaban J connectivity index is 1.23. The Morgan fingerprint density at radius 1 is 0.796 bits per heavy atom. The van der Waals surface area contributed by atoms with E-state index in [-0.39, 0.29) is 58.0 Å². The monoisotopic (exact) mass is 751 g/mol. The molecule has 2 heterocycles. The molecule has 5 atom stereocenters. The van der Waals surface area contributed by atoms with Gasteiger partial charge in [0.2, 0.25) is 11.7 Å². The quantitative estimate of drug-likeness (QED) is 0.182. The minimum atomic E-state index is -0.978. The molecule has 2 amide bonds. The first-order valence-electron chi connectivity index (χ1n) is 21.9. The summed E-state index contributed by atoms with van der Waals surface area (Å²) in [5, 5.41) is 0.